The molecule has 0 bridgehead atoms. The Morgan fingerprint density at radius 1 is 0.682 bits per heavy atom. The molecule has 0 atom stereocenters. The van der Waals surface area contributed by atoms with Crippen molar-refractivity contribution in [2.45, 2.75) is 0 Å². The molecule has 17 nitrogen and oxygen atoms in total. The normalized spacial score (nSPS) is 10.3. The fourth-order valence-corrected chi connectivity index (χ4v) is 3.67. The van der Waals surface area contributed by atoms with E-state index in [4.69, 9.17) is 40.4 Å². The van der Waals surface area contributed by atoms with Crippen LogP contribution in [0.4, 0.5) is 35.6 Å². The zero-order chi connectivity index (χ0) is 32.7. The topological polar surface area (TPSA) is 232 Å². The molecule has 0 saturated heterocycles. The standard InChI is InChI=1S/C9H7Cl2N5.C9H18N6.C7H6N4O2/c10-5-3-1-2-4(6(5)11)7-8(12)14-9(13)16-15-7;1-13(2)7-10-8(14(3)4)12-9(11-7)15(5)6;8-7-9-11(13)6-4-2-1-3-5(6)10(7)12/h1-3H,(H4,12,13,14,16);1-6H3;1-4H,(H2,8,9). The highest BCUT2D eigenvalue weighted by atomic mass is 35.5. The first-order valence-corrected chi connectivity index (χ1v) is 13.3. The van der Waals surface area contributed by atoms with Gasteiger partial charge in [-0.25, -0.2) is 4.73 Å². The van der Waals surface area contributed by atoms with Crippen LogP contribution in [0.5, 0.6) is 0 Å². The van der Waals surface area contributed by atoms with Gasteiger partial charge in [-0.2, -0.15) is 19.9 Å². The predicted octanol–water partition coefficient (Wildman–Crippen LogP) is 1.16. The molecule has 0 aliphatic heterocycles. The molecule has 0 spiro atoms. The van der Waals surface area contributed by atoms with Crippen molar-refractivity contribution in [3.05, 3.63) is 62.9 Å². The van der Waals surface area contributed by atoms with E-state index in [9.17, 15) is 10.4 Å². The molecular weight excluding hydrogens is 613 g/mol. The average Bonchev–Trinajstić information content (AvgIpc) is 2.98. The van der Waals surface area contributed by atoms with Gasteiger partial charge in [0.2, 0.25) is 28.9 Å². The Labute approximate surface area is 262 Å². The Hall–Kier alpha value is -5.29. The summed E-state index contributed by atoms with van der Waals surface area (Å²) in [6.45, 7) is 0. The molecule has 2 aromatic carbocycles. The third-order valence-corrected chi connectivity index (χ3v) is 6.26. The van der Waals surface area contributed by atoms with Crippen LogP contribution in [0.3, 0.4) is 0 Å². The Bertz CT molecular complexity index is 1690. The summed E-state index contributed by atoms with van der Waals surface area (Å²) < 4.78 is 0.420. The molecule has 232 valence electrons. The van der Waals surface area contributed by atoms with Crippen molar-refractivity contribution >= 4 is 69.8 Å². The largest absolute Gasteiger partial charge is 0.739 e. The van der Waals surface area contributed by atoms with E-state index < -0.39 is 0 Å². The van der Waals surface area contributed by atoms with Crippen molar-refractivity contribution in [2.75, 3.05) is 74.2 Å². The van der Waals surface area contributed by atoms with Gasteiger partial charge in [0.05, 0.1) is 10.0 Å². The number of aromatic nitrogens is 9. The van der Waals surface area contributed by atoms with E-state index >= 15 is 0 Å². The lowest BCUT2D eigenvalue weighted by Crippen LogP contribution is -2.44. The monoisotopic (exact) mass is 643 g/mol. The molecule has 6 N–H and O–H groups in total. The van der Waals surface area contributed by atoms with Gasteiger partial charge in [-0.3, -0.25) is 5.73 Å². The summed E-state index contributed by atoms with van der Waals surface area (Å²) in [5, 5.41) is 33.9. The van der Waals surface area contributed by atoms with Crippen molar-refractivity contribution in [1.29, 1.82) is 0 Å². The van der Waals surface area contributed by atoms with Crippen molar-refractivity contribution in [3.63, 3.8) is 0 Å². The van der Waals surface area contributed by atoms with Crippen LogP contribution in [-0.4, -0.2) is 77.5 Å². The minimum absolute atomic E-state index is 0.0133. The number of nitrogens with two attached hydrogens (primary N) is 3. The van der Waals surface area contributed by atoms with E-state index in [-0.39, 0.29) is 28.7 Å². The van der Waals surface area contributed by atoms with Gasteiger partial charge in [0.15, 0.2) is 11.3 Å². The van der Waals surface area contributed by atoms with Crippen molar-refractivity contribution in [2.24, 2.45) is 0 Å². The fourth-order valence-electron chi connectivity index (χ4n) is 3.28. The van der Waals surface area contributed by atoms with Crippen LogP contribution < -0.4 is 41.5 Å². The number of nitrogen functional groups attached to an aromatic ring is 3. The summed E-state index contributed by atoms with van der Waals surface area (Å²) >= 11 is 11.9. The predicted molar refractivity (Wildman–Crippen MR) is 171 cm³/mol. The van der Waals surface area contributed by atoms with E-state index in [1.165, 1.54) is 12.1 Å². The van der Waals surface area contributed by atoms with Crippen LogP contribution in [0.25, 0.3) is 22.3 Å². The van der Waals surface area contributed by atoms with Gasteiger partial charge in [0.1, 0.15) is 5.69 Å². The summed E-state index contributed by atoms with van der Waals surface area (Å²) in [5.41, 5.74) is 17.6. The third-order valence-electron chi connectivity index (χ3n) is 5.44. The van der Waals surface area contributed by atoms with Crippen LogP contribution in [-0.2, 0) is 0 Å². The first-order valence-electron chi connectivity index (χ1n) is 12.6. The first kappa shape index (κ1) is 33.2. The van der Waals surface area contributed by atoms with Gasteiger partial charge in [-0.05, 0) is 12.1 Å². The fraction of sp³-hybridized carbons (Fsp3) is 0.240. The molecule has 44 heavy (non-hydrogen) atoms. The van der Waals surface area contributed by atoms with Gasteiger partial charge in [0.25, 0.3) is 5.52 Å². The number of hydrogen-bond donors (Lipinski definition) is 3. The summed E-state index contributed by atoms with van der Waals surface area (Å²) in [5.74, 6) is 1.82. The summed E-state index contributed by atoms with van der Waals surface area (Å²) in [6.07, 6.45) is 0. The smallest absolute Gasteiger partial charge is 0.458 e. The SMILES string of the molecule is CN(C)c1nc(N(C)C)nc(N(C)C)n1.Nc1n[n+]([O-])c2ccccc2[n+]1[O-].Nc1nnc(-c2cccc(Cl)c2Cl)c(N)n1. The molecule has 0 saturated carbocycles. The minimum Gasteiger partial charge on any atom is -0.739 e. The zero-order valence-electron chi connectivity index (χ0n) is 24.7. The van der Waals surface area contributed by atoms with Crippen molar-refractivity contribution in [1.82, 2.24) is 35.2 Å². The van der Waals surface area contributed by atoms with E-state index in [1.54, 1.807) is 30.3 Å². The number of benzene rings is 2. The summed E-state index contributed by atoms with van der Waals surface area (Å²) in [4.78, 5) is 22.7. The second kappa shape index (κ2) is 14.3. The maximum atomic E-state index is 11.3. The lowest BCUT2D eigenvalue weighted by molar-refractivity contribution is -0.672. The molecule has 0 amide bonds. The summed E-state index contributed by atoms with van der Waals surface area (Å²) in [7, 11) is 11.5. The van der Waals surface area contributed by atoms with Crippen LogP contribution in [0.1, 0.15) is 0 Å². The van der Waals surface area contributed by atoms with E-state index in [0.29, 0.717) is 48.7 Å². The van der Waals surface area contributed by atoms with Gasteiger partial charge in [-0.1, -0.05) is 47.5 Å². The van der Waals surface area contributed by atoms with E-state index in [0.717, 1.165) is 0 Å². The highest BCUT2D eigenvalue weighted by molar-refractivity contribution is 6.43. The second-order valence-corrected chi connectivity index (χ2v) is 10.2. The molecule has 19 heteroatoms. The van der Waals surface area contributed by atoms with E-state index in [1.807, 2.05) is 57.0 Å². The molecule has 5 rings (SSSR count). The number of para-hydroxylation sites is 2. The van der Waals surface area contributed by atoms with Crippen molar-refractivity contribution < 1.29 is 9.58 Å². The van der Waals surface area contributed by atoms with Crippen LogP contribution in [0, 0.1) is 10.4 Å². The maximum absolute atomic E-state index is 11.3. The number of fused-ring (bicyclic) bond motifs is 1. The van der Waals surface area contributed by atoms with Crippen molar-refractivity contribution in [3.8, 4) is 11.3 Å². The van der Waals surface area contributed by atoms with Crippen LogP contribution in [0.15, 0.2) is 42.5 Å². The number of hydrogen-bond acceptors (Lipinski definition) is 15. The number of nitrogens with zero attached hydrogens (tertiary/aromatic N) is 12. The Balaban J connectivity index is 0.000000181. The Kier molecular flexibility index (Phi) is 10.8. The Morgan fingerprint density at radius 3 is 1.70 bits per heavy atom. The average molecular weight is 645 g/mol. The molecule has 3 heterocycles. The first-order chi connectivity index (χ1) is 20.7. The molecule has 3 aromatic heterocycles. The molecule has 0 aliphatic carbocycles. The molecular formula is C25H31Cl2N15O2. The van der Waals surface area contributed by atoms with Gasteiger partial charge < -0.3 is 36.6 Å². The lowest BCUT2D eigenvalue weighted by Gasteiger charge is -2.18. The van der Waals surface area contributed by atoms with Crippen LogP contribution >= 0.6 is 23.2 Å². The molecule has 0 unspecified atom stereocenters. The molecule has 0 radical (unpaired) electrons. The van der Waals surface area contributed by atoms with Crippen LogP contribution in [0.2, 0.25) is 10.0 Å². The summed E-state index contributed by atoms with van der Waals surface area (Å²) in [6, 6.07) is 11.4. The highest BCUT2D eigenvalue weighted by Gasteiger charge is 2.16. The number of anilines is 6. The lowest BCUT2D eigenvalue weighted by atomic mass is 10.1. The quantitative estimate of drug-likeness (QED) is 0.184. The van der Waals surface area contributed by atoms with E-state index in [2.05, 4.69) is 35.2 Å². The third kappa shape index (κ3) is 7.96. The molecule has 5 aromatic rings. The molecule has 0 aliphatic rings. The van der Waals surface area contributed by atoms with Gasteiger partial charge in [0, 0.05) is 58.8 Å². The van der Waals surface area contributed by atoms with Gasteiger partial charge in [-0.15, -0.1) is 10.2 Å². The second-order valence-electron chi connectivity index (χ2n) is 9.44. The van der Waals surface area contributed by atoms with Gasteiger partial charge >= 0.3 is 5.95 Å². The number of rotatable bonds is 4. The highest BCUT2D eigenvalue weighted by Crippen LogP contribution is 2.34. The zero-order valence-corrected chi connectivity index (χ0v) is 26.2. The number of halogens is 2. The minimum atomic E-state index is -0.353. The molecule has 0 fully saturated rings. The maximum Gasteiger partial charge on any atom is 0.458 e. The Morgan fingerprint density at radius 2 is 1.20 bits per heavy atom.